The number of para-hydroxylation sites is 1. The molecular formula is C16H17N3O3S. The van der Waals surface area contributed by atoms with E-state index in [2.05, 4.69) is 9.97 Å². The number of carbonyl (C=O) groups is 1. The Bertz CT molecular complexity index is 870. The molecule has 1 amide bonds. The van der Waals surface area contributed by atoms with Gasteiger partial charge in [-0.05, 0) is 11.5 Å². The number of nitrogens with one attached hydrogen (secondary N) is 1. The number of rotatable bonds is 3. The molecule has 0 saturated carbocycles. The number of hydrogen-bond acceptors (Lipinski definition) is 5. The summed E-state index contributed by atoms with van der Waals surface area (Å²) in [4.78, 5) is 25.1. The number of amides is 1. The first kappa shape index (κ1) is 15.6. The number of thiazole rings is 1. The first-order chi connectivity index (χ1) is 10.9. The van der Waals surface area contributed by atoms with Crippen molar-refractivity contribution in [2.24, 2.45) is 5.41 Å². The summed E-state index contributed by atoms with van der Waals surface area (Å²) in [5, 5.41) is 10.5. The van der Waals surface area contributed by atoms with E-state index in [-0.39, 0.29) is 5.41 Å². The second-order valence-corrected chi connectivity index (χ2v) is 7.34. The van der Waals surface area contributed by atoms with Gasteiger partial charge in [0.2, 0.25) is 0 Å². The molecule has 7 heteroatoms. The largest absolute Gasteiger partial charge is 0.464 e. The van der Waals surface area contributed by atoms with E-state index in [9.17, 15) is 4.79 Å². The van der Waals surface area contributed by atoms with Crippen LogP contribution in [-0.4, -0.2) is 21.2 Å². The molecule has 2 N–H and O–H groups in total. The van der Waals surface area contributed by atoms with Gasteiger partial charge in [-0.2, -0.15) is 5.48 Å². The Morgan fingerprint density at radius 2 is 2.04 bits per heavy atom. The Morgan fingerprint density at radius 1 is 1.30 bits per heavy atom. The van der Waals surface area contributed by atoms with Gasteiger partial charge in [0.15, 0.2) is 0 Å². The van der Waals surface area contributed by atoms with Gasteiger partial charge in [0.25, 0.3) is 0 Å². The van der Waals surface area contributed by atoms with Gasteiger partial charge < -0.3 is 5.11 Å². The quantitative estimate of drug-likeness (QED) is 0.705. The van der Waals surface area contributed by atoms with Gasteiger partial charge in [-0.3, -0.25) is 9.82 Å². The number of pyridine rings is 1. The van der Waals surface area contributed by atoms with Crippen LogP contribution in [0.4, 0.5) is 4.79 Å². The van der Waals surface area contributed by atoms with Crippen LogP contribution in [0.15, 0.2) is 30.5 Å². The maximum atomic E-state index is 10.7. The molecule has 0 aliphatic rings. The maximum Gasteiger partial charge on any atom is 0.428 e. The SMILES string of the molecule is CC(C)(C)C(ONC(=O)O)c1nc2cnc3ccccc3c2s1. The van der Waals surface area contributed by atoms with E-state index < -0.39 is 12.2 Å². The second kappa shape index (κ2) is 5.75. The Morgan fingerprint density at radius 3 is 2.74 bits per heavy atom. The van der Waals surface area contributed by atoms with E-state index >= 15 is 0 Å². The minimum atomic E-state index is -1.23. The van der Waals surface area contributed by atoms with Crippen molar-refractivity contribution in [3.05, 3.63) is 35.5 Å². The summed E-state index contributed by atoms with van der Waals surface area (Å²) < 4.78 is 1.03. The van der Waals surface area contributed by atoms with Gasteiger partial charge >= 0.3 is 6.09 Å². The lowest BCUT2D eigenvalue weighted by molar-refractivity contribution is -0.0702. The molecule has 23 heavy (non-hydrogen) atoms. The maximum absolute atomic E-state index is 10.7. The minimum absolute atomic E-state index is 0.320. The molecule has 3 rings (SSSR count). The monoisotopic (exact) mass is 331 g/mol. The molecule has 0 bridgehead atoms. The number of nitrogens with zero attached hydrogens (tertiary/aromatic N) is 2. The van der Waals surface area contributed by atoms with E-state index in [1.807, 2.05) is 50.5 Å². The number of hydroxylamine groups is 1. The highest BCUT2D eigenvalue weighted by Gasteiger charge is 2.31. The Kier molecular flexibility index (Phi) is 3.91. The molecule has 1 atom stereocenters. The molecule has 0 radical (unpaired) electrons. The van der Waals surface area contributed by atoms with Crippen LogP contribution in [0.25, 0.3) is 21.1 Å². The summed E-state index contributed by atoms with van der Waals surface area (Å²) in [7, 11) is 0. The van der Waals surface area contributed by atoms with E-state index in [0.29, 0.717) is 0 Å². The Labute approximate surface area is 137 Å². The van der Waals surface area contributed by atoms with E-state index in [1.54, 1.807) is 6.20 Å². The smallest absolute Gasteiger partial charge is 0.428 e. The summed E-state index contributed by atoms with van der Waals surface area (Å²) in [5.74, 6) is 0. The van der Waals surface area contributed by atoms with Crippen molar-refractivity contribution in [1.29, 1.82) is 0 Å². The number of fused-ring (bicyclic) bond motifs is 3. The van der Waals surface area contributed by atoms with Crippen molar-refractivity contribution in [3.8, 4) is 0 Å². The topological polar surface area (TPSA) is 84.3 Å². The fraction of sp³-hybridized carbons (Fsp3) is 0.312. The van der Waals surface area contributed by atoms with Gasteiger partial charge in [-0.25, -0.2) is 9.78 Å². The van der Waals surface area contributed by atoms with Gasteiger partial charge in [0, 0.05) is 5.39 Å². The molecule has 6 nitrogen and oxygen atoms in total. The fourth-order valence-electron chi connectivity index (χ4n) is 2.36. The van der Waals surface area contributed by atoms with Crippen LogP contribution in [0.1, 0.15) is 31.9 Å². The molecule has 3 aromatic rings. The normalized spacial score (nSPS) is 13.3. The van der Waals surface area contributed by atoms with Crippen molar-refractivity contribution < 1.29 is 14.7 Å². The molecule has 2 aromatic heterocycles. The molecule has 0 saturated heterocycles. The van der Waals surface area contributed by atoms with E-state index in [0.717, 1.165) is 26.1 Å². The van der Waals surface area contributed by atoms with Crippen molar-refractivity contribution in [3.63, 3.8) is 0 Å². The van der Waals surface area contributed by atoms with Crippen molar-refractivity contribution in [2.45, 2.75) is 26.9 Å². The lowest BCUT2D eigenvalue weighted by atomic mass is 9.89. The Hall–Kier alpha value is -2.25. The first-order valence-electron chi connectivity index (χ1n) is 7.15. The van der Waals surface area contributed by atoms with Crippen LogP contribution in [0.3, 0.4) is 0 Å². The third-order valence-electron chi connectivity index (χ3n) is 3.42. The van der Waals surface area contributed by atoms with Gasteiger partial charge in [0.05, 0.1) is 16.4 Å². The van der Waals surface area contributed by atoms with Crippen LogP contribution in [0, 0.1) is 5.41 Å². The van der Waals surface area contributed by atoms with Crippen molar-refractivity contribution in [2.75, 3.05) is 0 Å². The third kappa shape index (κ3) is 3.11. The summed E-state index contributed by atoms with van der Waals surface area (Å²) in [6.45, 7) is 5.93. The summed E-state index contributed by atoms with van der Waals surface area (Å²) in [6.07, 6.45) is 0.0180. The number of aromatic nitrogens is 2. The lowest BCUT2D eigenvalue weighted by Crippen LogP contribution is -2.30. The minimum Gasteiger partial charge on any atom is -0.464 e. The molecule has 1 unspecified atom stereocenters. The predicted octanol–water partition coefficient (Wildman–Crippen LogP) is 4.13. The zero-order chi connectivity index (χ0) is 16.6. The van der Waals surface area contributed by atoms with Crippen LogP contribution < -0.4 is 5.48 Å². The molecule has 0 spiro atoms. The van der Waals surface area contributed by atoms with Crippen LogP contribution >= 0.6 is 11.3 Å². The molecule has 1 aromatic carbocycles. The highest BCUT2D eigenvalue weighted by Crippen LogP contribution is 2.40. The first-order valence-corrected chi connectivity index (χ1v) is 7.96. The number of benzene rings is 1. The lowest BCUT2D eigenvalue weighted by Gasteiger charge is -2.27. The Balaban J connectivity index is 2.09. The fourth-order valence-corrected chi connectivity index (χ4v) is 3.70. The zero-order valence-electron chi connectivity index (χ0n) is 13.0. The zero-order valence-corrected chi connectivity index (χ0v) is 13.8. The molecule has 2 heterocycles. The number of carboxylic acid groups (broad SMARTS) is 1. The van der Waals surface area contributed by atoms with Crippen LogP contribution in [0.5, 0.6) is 0 Å². The molecule has 0 aliphatic heterocycles. The second-order valence-electron chi connectivity index (χ2n) is 6.31. The summed E-state index contributed by atoms with van der Waals surface area (Å²) >= 11 is 1.50. The number of hydrogen-bond donors (Lipinski definition) is 2. The summed E-state index contributed by atoms with van der Waals surface area (Å²) in [5.41, 5.74) is 3.38. The van der Waals surface area contributed by atoms with Crippen molar-refractivity contribution >= 4 is 38.5 Å². The van der Waals surface area contributed by atoms with Gasteiger partial charge in [-0.15, -0.1) is 11.3 Å². The molecule has 0 fully saturated rings. The summed E-state index contributed by atoms with van der Waals surface area (Å²) in [6, 6.07) is 7.88. The van der Waals surface area contributed by atoms with E-state index in [4.69, 9.17) is 9.94 Å². The van der Waals surface area contributed by atoms with Gasteiger partial charge in [-0.1, -0.05) is 39.0 Å². The molecule has 120 valence electrons. The average Bonchev–Trinajstić information content (AvgIpc) is 2.89. The predicted molar refractivity (Wildman–Crippen MR) is 89.4 cm³/mol. The van der Waals surface area contributed by atoms with Crippen LogP contribution in [0.2, 0.25) is 0 Å². The highest BCUT2D eigenvalue weighted by molar-refractivity contribution is 7.19. The third-order valence-corrected chi connectivity index (χ3v) is 4.57. The van der Waals surface area contributed by atoms with Gasteiger partial charge in [0.1, 0.15) is 16.6 Å². The molecular weight excluding hydrogens is 314 g/mol. The molecule has 0 aliphatic carbocycles. The highest BCUT2D eigenvalue weighted by atomic mass is 32.1. The van der Waals surface area contributed by atoms with E-state index in [1.165, 1.54) is 11.3 Å². The van der Waals surface area contributed by atoms with Crippen LogP contribution in [-0.2, 0) is 4.84 Å². The average molecular weight is 331 g/mol. The standard InChI is InChI=1S/C16H17N3O3S/c1-16(2,3)13(22-19-15(20)21)14-18-11-8-17-10-7-5-4-6-9(10)12(11)23-14/h4-8,13,19H,1-3H3,(H,20,21). The van der Waals surface area contributed by atoms with Crippen molar-refractivity contribution in [1.82, 2.24) is 15.4 Å².